The Morgan fingerprint density at radius 3 is 2.52 bits per heavy atom. The highest BCUT2D eigenvalue weighted by molar-refractivity contribution is 5.97. The summed E-state index contributed by atoms with van der Waals surface area (Å²) >= 11 is 0. The minimum absolute atomic E-state index is 0.470. The van der Waals surface area contributed by atoms with Gasteiger partial charge < -0.3 is 14.6 Å². The van der Waals surface area contributed by atoms with E-state index in [1.54, 1.807) is 14.2 Å². The summed E-state index contributed by atoms with van der Waals surface area (Å²) in [6.45, 7) is 3.47. The maximum Gasteiger partial charge on any atom is 0.271 e. The van der Waals surface area contributed by atoms with E-state index in [2.05, 4.69) is 40.7 Å². The van der Waals surface area contributed by atoms with Crippen LogP contribution in [0.25, 0.3) is 0 Å². The van der Waals surface area contributed by atoms with Crippen molar-refractivity contribution in [3.05, 3.63) is 53.6 Å². The van der Waals surface area contributed by atoms with Gasteiger partial charge in [-0.25, -0.2) is 9.48 Å². The number of ether oxygens (including phenoxy) is 2. The van der Waals surface area contributed by atoms with Gasteiger partial charge in [-0.2, -0.15) is 0 Å². The lowest BCUT2D eigenvalue weighted by Gasteiger charge is -2.24. The quantitative estimate of drug-likeness (QED) is 0.780. The minimum Gasteiger partial charge on any atom is -0.497 e. The molecule has 1 N–H and O–H groups in total. The summed E-state index contributed by atoms with van der Waals surface area (Å²) in [5.74, 6) is 2.73. The van der Waals surface area contributed by atoms with Gasteiger partial charge in [0.25, 0.3) is 11.6 Å². The number of methoxy groups -OCH3 is 2. The number of rotatable bonds is 5. The molecular formula is C24H31N2O3+. The van der Waals surface area contributed by atoms with Gasteiger partial charge in [-0.15, -0.1) is 0 Å². The molecule has 4 rings (SSSR count). The molecule has 0 bridgehead atoms. The summed E-state index contributed by atoms with van der Waals surface area (Å²) in [7, 11) is 3.36. The molecule has 2 aliphatic heterocycles. The van der Waals surface area contributed by atoms with Gasteiger partial charge in [0.05, 0.1) is 20.8 Å². The zero-order valence-corrected chi connectivity index (χ0v) is 17.6. The van der Waals surface area contributed by atoms with Crippen LogP contribution in [0.4, 0.5) is 5.69 Å². The largest absolute Gasteiger partial charge is 0.497 e. The third kappa shape index (κ3) is 3.48. The molecule has 2 aliphatic rings. The zero-order chi connectivity index (χ0) is 20.4. The molecule has 0 spiro atoms. The van der Waals surface area contributed by atoms with Crippen molar-refractivity contribution in [1.29, 1.82) is 0 Å². The maximum atomic E-state index is 12.0. The third-order valence-corrected chi connectivity index (χ3v) is 6.23. The maximum absolute atomic E-state index is 12.0. The van der Waals surface area contributed by atoms with Crippen molar-refractivity contribution >= 4 is 11.5 Å². The fourth-order valence-electron chi connectivity index (χ4n) is 4.56. The Bertz CT molecular complexity index is 907. The first-order valence-corrected chi connectivity index (χ1v) is 10.6. The topological polar surface area (TPSA) is 44.9 Å². The van der Waals surface area contributed by atoms with Crippen molar-refractivity contribution in [1.82, 2.24) is 0 Å². The Kier molecular flexibility index (Phi) is 5.50. The van der Waals surface area contributed by atoms with Crippen LogP contribution in [0.2, 0.25) is 0 Å². The molecule has 0 aliphatic carbocycles. The lowest BCUT2D eigenvalue weighted by molar-refractivity contribution is -0.658. The van der Waals surface area contributed by atoms with Crippen LogP contribution in [0.3, 0.4) is 0 Å². The second-order valence-corrected chi connectivity index (χ2v) is 7.87. The number of aryl methyl sites for hydroxylation is 1. The van der Waals surface area contributed by atoms with E-state index in [9.17, 15) is 5.11 Å². The minimum atomic E-state index is -1.06. The molecule has 1 unspecified atom stereocenters. The first-order valence-electron chi connectivity index (χ1n) is 10.6. The molecule has 1 atom stereocenters. The first-order chi connectivity index (χ1) is 14.1. The molecule has 2 heterocycles. The van der Waals surface area contributed by atoms with Crippen LogP contribution < -0.4 is 14.4 Å². The van der Waals surface area contributed by atoms with Gasteiger partial charge in [-0.3, -0.25) is 0 Å². The summed E-state index contributed by atoms with van der Waals surface area (Å²) in [5, 5.41) is 12.0. The van der Waals surface area contributed by atoms with Gasteiger partial charge >= 0.3 is 0 Å². The molecule has 0 saturated carbocycles. The number of amidine groups is 1. The van der Waals surface area contributed by atoms with Crippen LogP contribution >= 0.6 is 0 Å². The predicted octanol–water partition coefficient (Wildman–Crippen LogP) is 3.92. The number of β-amino-alcohol motifs (C(OH)–C–C–N with tert-alkyl or cyclic N) is 1. The molecule has 5 heteroatoms. The molecule has 2 aromatic rings. The molecule has 0 amide bonds. The molecule has 0 fully saturated rings. The predicted molar refractivity (Wildman–Crippen MR) is 115 cm³/mol. The molecule has 29 heavy (non-hydrogen) atoms. The van der Waals surface area contributed by atoms with Crippen LogP contribution in [0.15, 0.2) is 42.5 Å². The van der Waals surface area contributed by atoms with Gasteiger partial charge in [-0.1, -0.05) is 31.2 Å². The van der Waals surface area contributed by atoms with Gasteiger partial charge in [0.1, 0.15) is 5.75 Å². The molecule has 5 nitrogen and oxygen atoms in total. The highest BCUT2D eigenvalue weighted by atomic mass is 16.5. The summed E-state index contributed by atoms with van der Waals surface area (Å²) in [4.78, 5) is 2.22. The highest BCUT2D eigenvalue weighted by Gasteiger charge is 2.52. The van der Waals surface area contributed by atoms with Crippen molar-refractivity contribution in [3.8, 4) is 11.5 Å². The number of benzene rings is 2. The normalized spacial score (nSPS) is 21.7. The van der Waals surface area contributed by atoms with Gasteiger partial charge in [0.15, 0.2) is 18.0 Å². The lowest BCUT2D eigenvalue weighted by Crippen LogP contribution is -2.41. The Morgan fingerprint density at radius 1 is 1.03 bits per heavy atom. The van der Waals surface area contributed by atoms with Crippen molar-refractivity contribution in [2.24, 2.45) is 0 Å². The van der Waals surface area contributed by atoms with Crippen molar-refractivity contribution in [2.75, 3.05) is 32.2 Å². The smallest absolute Gasteiger partial charge is 0.271 e. The molecule has 0 aromatic heterocycles. The van der Waals surface area contributed by atoms with Crippen LogP contribution in [0.1, 0.15) is 43.7 Å². The lowest BCUT2D eigenvalue weighted by atomic mass is 9.99. The van der Waals surface area contributed by atoms with Gasteiger partial charge in [0.2, 0.25) is 0 Å². The number of hydrogen-bond donors (Lipinski definition) is 1. The molecule has 2 aromatic carbocycles. The van der Waals surface area contributed by atoms with E-state index in [0.29, 0.717) is 6.54 Å². The number of hydrogen-bond acceptors (Lipinski definition) is 4. The summed E-state index contributed by atoms with van der Waals surface area (Å²) in [5.41, 5.74) is 2.11. The van der Waals surface area contributed by atoms with E-state index in [1.165, 1.54) is 12.0 Å². The van der Waals surface area contributed by atoms with Crippen LogP contribution in [-0.2, 0) is 12.1 Å². The van der Waals surface area contributed by atoms with Crippen LogP contribution in [0.5, 0.6) is 11.5 Å². The average Bonchev–Trinajstić information content (AvgIpc) is 2.91. The number of nitrogens with zero attached hydrogens (tertiary/aromatic N) is 2. The molecule has 0 saturated heterocycles. The summed E-state index contributed by atoms with van der Waals surface area (Å²) in [6, 6.07) is 14.2. The Hall–Kier alpha value is -2.53. The number of aliphatic hydroxyl groups is 1. The highest BCUT2D eigenvalue weighted by Crippen LogP contribution is 2.40. The van der Waals surface area contributed by atoms with Crippen molar-refractivity contribution in [2.45, 2.75) is 44.8 Å². The van der Waals surface area contributed by atoms with E-state index in [4.69, 9.17) is 9.47 Å². The molecular weight excluding hydrogens is 364 g/mol. The van der Waals surface area contributed by atoms with Crippen molar-refractivity contribution in [3.63, 3.8) is 0 Å². The SMILES string of the molecule is CCc1ccc(C2(O)CN(c3cc(OC)ccc3OC)C3=[N+]2CCCCC3)cc1. The zero-order valence-electron chi connectivity index (χ0n) is 17.6. The van der Waals surface area contributed by atoms with Gasteiger partial charge in [-0.05, 0) is 43.4 Å². The van der Waals surface area contributed by atoms with E-state index >= 15 is 0 Å². The monoisotopic (exact) mass is 395 g/mol. The standard InChI is InChI=1S/C24H31N2O3/c1-4-18-9-11-19(12-10-18)24(27)17-25(23-8-6-5-7-15-26(23)24)21-16-20(28-2)13-14-22(21)29-3/h9-14,16,27H,4-8,15,17H2,1-3H3/q+1. The first kappa shape index (κ1) is 19.8. The van der Waals surface area contributed by atoms with E-state index in [-0.39, 0.29) is 0 Å². The second-order valence-electron chi connectivity index (χ2n) is 7.87. The van der Waals surface area contributed by atoms with Crippen molar-refractivity contribution < 1.29 is 19.2 Å². The molecule has 154 valence electrons. The summed E-state index contributed by atoms with van der Waals surface area (Å²) in [6.07, 6.45) is 5.32. The van der Waals surface area contributed by atoms with Crippen LogP contribution in [-0.4, -0.2) is 42.8 Å². The third-order valence-electron chi connectivity index (χ3n) is 6.23. The summed E-state index contributed by atoms with van der Waals surface area (Å²) < 4.78 is 13.3. The fourth-order valence-corrected chi connectivity index (χ4v) is 4.56. The fraction of sp³-hybridized carbons (Fsp3) is 0.458. The van der Waals surface area contributed by atoms with Gasteiger partial charge in [0, 0.05) is 18.1 Å². The second kappa shape index (κ2) is 8.07. The Balaban J connectivity index is 1.82. The van der Waals surface area contributed by atoms with E-state index in [1.807, 2.05) is 18.2 Å². The number of anilines is 1. The molecule has 0 radical (unpaired) electrons. The average molecular weight is 396 g/mol. The Labute approximate surface area is 173 Å². The van der Waals surface area contributed by atoms with E-state index < -0.39 is 5.72 Å². The van der Waals surface area contributed by atoms with E-state index in [0.717, 1.165) is 60.8 Å². The Morgan fingerprint density at radius 2 is 1.83 bits per heavy atom. The van der Waals surface area contributed by atoms with Crippen LogP contribution in [0, 0.1) is 0 Å².